The maximum absolute atomic E-state index is 13.2. The molecule has 0 heterocycles. The molecule has 0 radical (unpaired) electrons. The third-order valence-electron chi connectivity index (χ3n) is 1.50. The largest absolute Gasteiger partial charge is 0.205 e. The van der Waals surface area contributed by atoms with Gasteiger partial charge >= 0.3 is 0 Å². The molecule has 1 aromatic rings. The summed E-state index contributed by atoms with van der Waals surface area (Å²) in [6, 6.07) is 6.70. The summed E-state index contributed by atoms with van der Waals surface area (Å²) in [5, 5.41) is 8.51. The van der Waals surface area contributed by atoms with Crippen LogP contribution >= 0.6 is 11.8 Å². The van der Waals surface area contributed by atoms with Gasteiger partial charge in [0.2, 0.25) is 0 Å². The first-order valence-corrected chi connectivity index (χ1v) is 4.85. The smallest absolute Gasteiger partial charge is 0.144 e. The molecule has 1 aromatic carbocycles. The van der Waals surface area contributed by atoms with Crippen LogP contribution in [0.1, 0.15) is 11.1 Å². The predicted molar refractivity (Wildman–Crippen MR) is 48.3 cm³/mol. The van der Waals surface area contributed by atoms with Crippen LogP contribution in [0.2, 0.25) is 0 Å². The Kier molecular flexibility index (Phi) is 3.12. The van der Waals surface area contributed by atoms with Gasteiger partial charge in [-0.2, -0.15) is 17.0 Å². The normalized spacial score (nSPS) is 9.42. The van der Waals surface area contributed by atoms with E-state index >= 15 is 0 Å². The second-order valence-electron chi connectivity index (χ2n) is 2.32. The first kappa shape index (κ1) is 9.08. The van der Waals surface area contributed by atoms with E-state index in [1.807, 2.05) is 12.3 Å². The van der Waals surface area contributed by atoms with E-state index in [1.165, 1.54) is 17.8 Å². The van der Waals surface area contributed by atoms with Crippen molar-refractivity contribution in [3.8, 4) is 6.07 Å². The van der Waals surface area contributed by atoms with Crippen LogP contribution in [-0.2, 0) is 5.75 Å². The van der Waals surface area contributed by atoms with E-state index < -0.39 is 0 Å². The van der Waals surface area contributed by atoms with Crippen molar-refractivity contribution in [2.24, 2.45) is 0 Å². The molecular weight excluding hydrogens is 173 g/mol. The molecule has 62 valence electrons. The van der Waals surface area contributed by atoms with Gasteiger partial charge < -0.3 is 0 Å². The van der Waals surface area contributed by atoms with Crippen LogP contribution in [0, 0.1) is 17.1 Å². The Labute approximate surface area is 75.2 Å². The highest BCUT2D eigenvalue weighted by molar-refractivity contribution is 7.97. The van der Waals surface area contributed by atoms with Crippen molar-refractivity contribution in [1.82, 2.24) is 0 Å². The van der Waals surface area contributed by atoms with Crippen LogP contribution in [-0.4, -0.2) is 6.26 Å². The third kappa shape index (κ3) is 1.77. The first-order chi connectivity index (χ1) is 5.79. The minimum Gasteiger partial charge on any atom is -0.205 e. The summed E-state index contributed by atoms with van der Waals surface area (Å²) < 4.78 is 13.2. The van der Waals surface area contributed by atoms with E-state index in [9.17, 15) is 4.39 Å². The molecule has 1 rings (SSSR count). The second-order valence-corrected chi connectivity index (χ2v) is 3.19. The van der Waals surface area contributed by atoms with Crippen LogP contribution in [0.3, 0.4) is 0 Å². The number of benzene rings is 1. The number of rotatable bonds is 2. The standard InChI is InChI=1S/C9H8FNS/c1-12-6-8-4-2-3-7(5-11)9(8)10/h2-4H,6H2,1H3. The summed E-state index contributed by atoms with van der Waals surface area (Å²) >= 11 is 1.54. The molecule has 0 unspecified atom stereocenters. The van der Waals surface area contributed by atoms with Gasteiger partial charge in [0.15, 0.2) is 0 Å². The summed E-state index contributed by atoms with van der Waals surface area (Å²) in [5.74, 6) is 0.232. The van der Waals surface area contributed by atoms with Crippen LogP contribution in [0.4, 0.5) is 4.39 Å². The van der Waals surface area contributed by atoms with E-state index in [0.717, 1.165) is 0 Å². The van der Waals surface area contributed by atoms with Gasteiger partial charge in [-0.15, -0.1) is 0 Å². The zero-order valence-corrected chi connectivity index (χ0v) is 7.49. The molecule has 0 amide bonds. The minimum atomic E-state index is -0.380. The summed E-state index contributed by atoms with van der Waals surface area (Å²) in [7, 11) is 0. The Morgan fingerprint density at radius 2 is 2.33 bits per heavy atom. The van der Waals surface area contributed by atoms with Crippen molar-refractivity contribution in [2.45, 2.75) is 5.75 Å². The molecule has 0 saturated carbocycles. The summed E-state index contributed by atoms with van der Waals surface area (Å²) in [4.78, 5) is 0. The molecule has 0 aromatic heterocycles. The summed E-state index contributed by atoms with van der Waals surface area (Å²) in [6.07, 6.45) is 1.90. The molecule has 0 aliphatic carbocycles. The zero-order chi connectivity index (χ0) is 8.97. The Hall–Kier alpha value is -1.01. The zero-order valence-electron chi connectivity index (χ0n) is 6.67. The molecule has 0 bridgehead atoms. The van der Waals surface area contributed by atoms with E-state index in [2.05, 4.69) is 0 Å². The molecule has 0 saturated heterocycles. The highest BCUT2D eigenvalue weighted by atomic mass is 32.2. The minimum absolute atomic E-state index is 0.126. The Morgan fingerprint density at radius 3 is 2.92 bits per heavy atom. The number of nitriles is 1. The van der Waals surface area contributed by atoms with Crippen LogP contribution in [0.25, 0.3) is 0 Å². The molecule has 12 heavy (non-hydrogen) atoms. The van der Waals surface area contributed by atoms with E-state index in [1.54, 1.807) is 12.1 Å². The predicted octanol–water partition coefficient (Wildman–Crippen LogP) is 2.56. The quantitative estimate of drug-likeness (QED) is 0.700. The molecule has 0 atom stereocenters. The maximum atomic E-state index is 13.2. The molecule has 0 fully saturated rings. The van der Waals surface area contributed by atoms with Crippen LogP contribution in [0.15, 0.2) is 18.2 Å². The van der Waals surface area contributed by atoms with Crippen molar-refractivity contribution >= 4 is 11.8 Å². The van der Waals surface area contributed by atoms with Crippen molar-refractivity contribution < 1.29 is 4.39 Å². The van der Waals surface area contributed by atoms with E-state index in [-0.39, 0.29) is 11.4 Å². The monoisotopic (exact) mass is 181 g/mol. The first-order valence-electron chi connectivity index (χ1n) is 3.46. The van der Waals surface area contributed by atoms with Gasteiger partial charge in [-0.25, -0.2) is 4.39 Å². The highest BCUT2D eigenvalue weighted by Gasteiger charge is 2.05. The van der Waals surface area contributed by atoms with Gasteiger partial charge in [0.1, 0.15) is 11.9 Å². The lowest BCUT2D eigenvalue weighted by molar-refractivity contribution is 0.613. The topological polar surface area (TPSA) is 23.8 Å². The van der Waals surface area contributed by atoms with Crippen molar-refractivity contribution in [2.75, 3.05) is 6.26 Å². The average Bonchev–Trinajstić information content (AvgIpc) is 2.09. The van der Waals surface area contributed by atoms with Crippen molar-refractivity contribution in [3.63, 3.8) is 0 Å². The molecule has 0 spiro atoms. The average molecular weight is 181 g/mol. The van der Waals surface area contributed by atoms with Crippen LogP contribution in [0.5, 0.6) is 0 Å². The fourth-order valence-electron chi connectivity index (χ4n) is 0.933. The molecule has 0 aliphatic rings. The fourth-order valence-corrected chi connectivity index (χ4v) is 1.47. The molecule has 0 N–H and O–H groups in total. The van der Waals surface area contributed by atoms with Gasteiger partial charge in [0.25, 0.3) is 0 Å². The third-order valence-corrected chi connectivity index (χ3v) is 2.10. The molecule has 3 heteroatoms. The van der Waals surface area contributed by atoms with Gasteiger partial charge in [0, 0.05) is 5.75 Å². The van der Waals surface area contributed by atoms with E-state index in [4.69, 9.17) is 5.26 Å². The molecule has 0 aliphatic heterocycles. The van der Waals surface area contributed by atoms with Crippen molar-refractivity contribution in [1.29, 1.82) is 5.26 Å². The number of thioether (sulfide) groups is 1. The van der Waals surface area contributed by atoms with E-state index in [0.29, 0.717) is 11.3 Å². The number of hydrogen-bond donors (Lipinski definition) is 0. The SMILES string of the molecule is CSCc1cccc(C#N)c1F. The van der Waals surface area contributed by atoms with Crippen LogP contribution < -0.4 is 0 Å². The number of nitrogens with zero attached hydrogens (tertiary/aromatic N) is 1. The lowest BCUT2D eigenvalue weighted by Gasteiger charge is -2.00. The highest BCUT2D eigenvalue weighted by Crippen LogP contribution is 2.16. The Balaban J connectivity index is 3.07. The number of hydrogen-bond acceptors (Lipinski definition) is 2. The summed E-state index contributed by atoms with van der Waals surface area (Å²) in [5.41, 5.74) is 0.725. The maximum Gasteiger partial charge on any atom is 0.144 e. The van der Waals surface area contributed by atoms with Gasteiger partial charge in [-0.3, -0.25) is 0 Å². The second kappa shape index (κ2) is 4.13. The van der Waals surface area contributed by atoms with Gasteiger partial charge in [0.05, 0.1) is 5.56 Å². The summed E-state index contributed by atoms with van der Waals surface area (Å²) in [6.45, 7) is 0. The molecular formula is C9H8FNS. The van der Waals surface area contributed by atoms with Gasteiger partial charge in [-0.05, 0) is 17.9 Å². The lowest BCUT2D eigenvalue weighted by Crippen LogP contribution is -1.90. The lowest BCUT2D eigenvalue weighted by atomic mass is 10.1. The van der Waals surface area contributed by atoms with Gasteiger partial charge in [-0.1, -0.05) is 12.1 Å². The Bertz CT molecular complexity index is 317. The van der Waals surface area contributed by atoms with Crippen molar-refractivity contribution in [3.05, 3.63) is 35.1 Å². The fraction of sp³-hybridized carbons (Fsp3) is 0.222. The molecule has 1 nitrogen and oxygen atoms in total. The number of halogens is 1. The Morgan fingerprint density at radius 1 is 1.58 bits per heavy atom.